The first-order chi connectivity index (χ1) is 14.5. The SMILES string of the molecule is COC1CN=C(N)N(Cc2cc(C(C)c3ccc(-c4ccccc4)c(F)c3)no2)C1. The summed E-state index contributed by atoms with van der Waals surface area (Å²) in [5.74, 6) is 0.777. The number of hydrogen-bond donors (Lipinski definition) is 1. The minimum Gasteiger partial charge on any atom is -0.378 e. The van der Waals surface area contributed by atoms with Crippen LogP contribution in [-0.4, -0.2) is 42.3 Å². The smallest absolute Gasteiger partial charge is 0.191 e. The number of aliphatic imine (C=N–C) groups is 1. The van der Waals surface area contributed by atoms with Crippen molar-refractivity contribution in [2.45, 2.75) is 25.5 Å². The average Bonchev–Trinajstić information content (AvgIpc) is 3.24. The molecule has 0 radical (unpaired) electrons. The summed E-state index contributed by atoms with van der Waals surface area (Å²) in [6, 6.07) is 16.7. The van der Waals surface area contributed by atoms with E-state index in [0.717, 1.165) is 16.8 Å². The van der Waals surface area contributed by atoms with E-state index in [4.69, 9.17) is 15.0 Å². The molecule has 3 aromatic rings. The second-order valence-corrected chi connectivity index (χ2v) is 7.48. The minimum absolute atomic E-state index is 0.00437. The molecule has 1 aliphatic heterocycles. The molecule has 0 spiro atoms. The Morgan fingerprint density at radius 1 is 1.23 bits per heavy atom. The number of aromatic nitrogens is 1. The van der Waals surface area contributed by atoms with Gasteiger partial charge in [0.05, 0.1) is 24.9 Å². The van der Waals surface area contributed by atoms with Crippen LogP contribution in [0.2, 0.25) is 0 Å². The van der Waals surface area contributed by atoms with E-state index in [1.807, 2.05) is 60.4 Å². The Morgan fingerprint density at radius 3 is 2.77 bits per heavy atom. The number of nitrogens with two attached hydrogens (primary N) is 1. The third-order valence-electron chi connectivity index (χ3n) is 5.48. The highest BCUT2D eigenvalue weighted by atomic mass is 19.1. The Bertz CT molecular complexity index is 1030. The maximum Gasteiger partial charge on any atom is 0.191 e. The van der Waals surface area contributed by atoms with Crippen molar-refractivity contribution in [3.63, 3.8) is 0 Å². The summed E-state index contributed by atoms with van der Waals surface area (Å²) in [5.41, 5.74) is 9.02. The molecule has 0 saturated heterocycles. The summed E-state index contributed by atoms with van der Waals surface area (Å²) >= 11 is 0. The molecule has 156 valence electrons. The Morgan fingerprint density at radius 2 is 2.03 bits per heavy atom. The van der Waals surface area contributed by atoms with Crippen molar-refractivity contribution in [1.82, 2.24) is 10.1 Å². The molecule has 2 atom stereocenters. The number of benzene rings is 2. The van der Waals surface area contributed by atoms with Crippen molar-refractivity contribution in [2.75, 3.05) is 20.2 Å². The van der Waals surface area contributed by atoms with Gasteiger partial charge in [-0.2, -0.15) is 0 Å². The number of methoxy groups -OCH3 is 1. The molecule has 1 aromatic heterocycles. The highest BCUT2D eigenvalue weighted by Gasteiger charge is 2.23. The number of guanidine groups is 1. The fourth-order valence-corrected chi connectivity index (χ4v) is 3.61. The van der Waals surface area contributed by atoms with Crippen molar-refractivity contribution in [3.05, 3.63) is 77.4 Å². The molecule has 0 amide bonds. The average molecular weight is 408 g/mol. The van der Waals surface area contributed by atoms with Gasteiger partial charge in [-0.25, -0.2) is 4.39 Å². The Labute approximate surface area is 175 Å². The van der Waals surface area contributed by atoms with Gasteiger partial charge in [-0.1, -0.05) is 54.5 Å². The van der Waals surface area contributed by atoms with Crippen molar-refractivity contribution < 1.29 is 13.7 Å². The molecule has 0 bridgehead atoms. The summed E-state index contributed by atoms with van der Waals surface area (Å²) < 4.78 is 25.6. The zero-order valence-corrected chi connectivity index (χ0v) is 17.1. The normalized spacial score (nSPS) is 17.6. The van der Waals surface area contributed by atoms with Gasteiger partial charge in [-0.05, 0) is 17.2 Å². The molecule has 0 fully saturated rings. The van der Waals surface area contributed by atoms with Gasteiger partial charge in [0.25, 0.3) is 0 Å². The van der Waals surface area contributed by atoms with Gasteiger partial charge >= 0.3 is 0 Å². The van der Waals surface area contributed by atoms with Crippen LogP contribution in [0.5, 0.6) is 0 Å². The predicted octanol–water partition coefficient (Wildman–Crippen LogP) is 3.78. The molecule has 1 aliphatic rings. The van der Waals surface area contributed by atoms with Crippen LogP contribution < -0.4 is 5.73 Å². The zero-order valence-electron chi connectivity index (χ0n) is 17.1. The van der Waals surface area contributed by atoms with Crippen LogP contribution in [0.4, 0.5) is 4.39 Å². The highest BCUT2D eigenvalue weighted by molar-refractivity contribution is 5.78. The quantitative estimate of drug-likeness (QED) is 0.672. The number of ether oxygens (including phenoxy) is 1. The lowest BCUT2D eigenvalue weighted by atomic mass is 9.94. The van der Waals surface area contributed by atoms with Crippen molar-refractivity contribution >= 4 is 5.96 Å². The third kappa shape index (κ3) is 4.21. The van der Waals surface area contributed by atoms with Gasteiger partial charge in [-0.15, -0.1) is 0 Å². The van der Waals surface area contributed by atoms with Crippen LogP contribution in [0, 0.1) is 5.82 Å². The molecule has 7 heteroatoms. The van der Waals surface area contributed by atoms with Gasteiger partial charge in [0.2, 0.25) is 0 Å². The second kappa shape index (κ2) is 8.67. The van der Waals surface area contributed by atoms with E-state index in [1.165, 1.54) is 0 Å². The maximum atomic E-state index is 14.7. The zero-order chi connectivity index (χ0) is 21.1. The molecule has 4 rings (SSSR count). The van der Waals surface area contributed by atoms with Gasteiger partial charge in [0.1, 0.15) is 5.82 Å². The predicted molar refractivity (Wildman–Crippen MR) is 114 cm³/mol. The molecule has 2 aromatic carbocycles. The second-order valence-electron chi connectivity index (χ2n) is 7.48. The summed E-state index contributed by atoms with van der Waals surface area (Å²) in [6.45, 7) is 3.64. The summed E-state index contributed by atoms with van der Waals surface area (Å²) in [4.78, 5) is 6.19. The summed E-state index contributed by atoms with van der Waals surface area (Å²) in [6.07, 6.45) is 0.00437. The van der Waals surface area contributed by atoms with Crippen molar-refractivity contribution in [3.8, 4) is 11.1 Å². The van der Waals surface area contributed by atoms with Gasteiger partial charge in [-0.3, -0.25) is 4.99 Å². The molecule has 2 N–H and O–H groups in total. The van der Waals surface area contributed by atoms with E-state index >= 15 is 0 Å². The summed E-state index contributed by atoms with van der Waals surface area (Å²) in [7, 11) is 1.66. The molecule has 0 saturated carbocycles. The fraction of sp³-hybridized carbons (Fsp3) is 0.304. The van der Waals surface area contributed by atoms with Gasteiger partial charge < -0.3 is 19.9 Å². The number of nitrogens with zero attached hydrogens (tertiary/aromatic N) is 3. The molecule has 0 aliphatic carbocycles. The topological polar surface area (TPSA) is 76.9 Å². The molecule has 2 unspecified atom stereocenters. The third-order valence-corrected chi connectivity index (χ3v) is 5.48. The first-order valence-corrected chi connectivity index (χ1v) is 9.93. The Balaban J connectivity index is 1.49. The molecule has 2 heterocycles. The van der Waals surface area contributed by atoms with Crippen molar-refractivity contribution in [2.24, 2.45) is 10.7 Å². The first kappa shape index (κ1) is 20.1. The van der Waals surface area contributed by atoms with E-state index < -0.39 is 0 Å². The molecule has 6 nitrogen and oxygen atoms in total. The minimum atomic E-state index is -0.253. The maximum absolute atomic E-state index is 14.7. The van der Waals surface area contributed by atoms with Crippen LogP contribution in [0.15, 0.2) is 64.1 Å². The number of hydrogen-bond acceptors (Lipinski definition) is 6. The van der Waals surface area contributed by atoms with Crippen LogP contribution in [-0.2, 0) is 11.3 Å². The van der Waals surface area contributed by atoms with E-state index in [9.17, 15) is 4.39 Å². The molecular formula is C23H25FN4O2. The summed E-state index contributed by atoms with van der Waals surface area (Å²) in [5, 5.41) is 4.20. The standard InChI is InChI=1S/C23H25FN4O2/c1-15(17-8-9-20(21(24)10-17)16-6-4-3-5-7-16)22-11-18(30-27-22)13-28-14-19(29-2)12-26-23(28)25/h3-11,15,19H,12-14H2,1-2H3,(H2,25,26). The van der Waals surface area contributed by atoms with E-state index in [2.05, 4.69) is 10.1 Å². The first-order valence-electron chi connectivity index (χ1n) is 9.93. The van der Waals surface area contributed by atoms with E-state index in [-0.39, 0.29) is 17.8 Å². The highest BCUT2D eigenvalue weighted by Crippen LogP contribution is 2.29. The number of rotatable bonds is 6. The van der Waals surface area contributed by atoms with Crippen LogP contribution >= 0.6 is 0 Å². The fourth-order valence-electron chi connectivity index (χ4n) is 3.61. The number of halogens is 1. The lowest BCUT2D eigenvalue weighted by Gasteiger charge is -2.30. The van der Waals surface area contributed by atoms with Crippen molar-refractivity contribution in [1.29, 1.82) is 0 Å². The Kier molecular flexibility index (Phi) is 5.81. The largest absolute Gasteiger partial charge is 0.378 e. The molecule has 30 heavy (non-hydrogen) atoms. The lowest BCUT2D eigenvalue weighted by Crippen LogP contribution is -2.47. The van der Waals surface area contributed by atoms with E-state index in [1.54, 1.807) is 13.2 Å². The van der Waals surface area contributed by atoms with E-state index in [0.29, 0.717) is 36.9 Å². The monoisotopic (exact) mass is 408 g/mol. The van der Waals surface area contributed by atoms with Crippen LogP contribution in [0.1, 0.15) is 29.9 Å². The van der Waals surface area contributed by atoms with Crippen LogP contribution in [0.25, 0.3) is 11.1 Å². The van der Waals surface area contributed by atoms with Gasteiger partial charge in [0.15, 0.2) is 11.7 Å². The van der Waals surface area contributed by atoms with Crippen LogP contribution in [0.3, 0.4) is 0 Å². The Hall–Kier alpha value is -3.19. The lowest BCUT2D eigenvalue weighted by molar-refractivity contribution is 0.0778. The van der Waals surface area contributed by atoms with Gasteiger partial charge in [0, 0.05) is 31.2 Å². The molecular weight excluding hydrogens is 383 g/mol.